The van der Waals surface area contributed by atoms with Crippen molar-refractivity contribution < 1.29 is 19.7 Å². The molecule has 0 unspecified atom stereocenters. The molecule has 2 aliphatic carbocycles. The largest absolute Gasteiger partial charge is 0.491 e. The molecule has 0 amide bonds. The second-order valence-corrected chi connectivity index (χ2v) is 7.28. The maximum absolute atomic E-state index is 11.9. The van der Waals surface area contributed by atoms with Crippen LogP contribution in [0.3, 0.4) is 0 Å². The third kappa shape index (κ3) is 3.29. The van der Waals surface area contributed by atoms with Gasteiger partial charge in [0.15, 0.2) is 0 Å². The Labute approximate surface area is 137 Å². The molecule has 0 saturated heterocycles. The lowest BCUT2D eigenvalue weighted by Crippen LogP contribution is -2.57. The predicted molar refractivity (Wildman–Crippen MR) is 87.1 cm³/mol. The lowest BCUT2D eigenvalue weighted by atomic mass is 9.49. The predicted octanol–water partition coefficient (Wildman–Crippen LogP) is 2.57. The summed E-state index contributed by atoms with van der Waals surface area (Å²) in [6.45, 7) is 2.30. The number of fused-ring (bicyclic) bond motifs is 1. The van der Waals surface area contributed by atoms with E-state index in [1.165, 1.54) is 0 Å². The van der Waals surface area contributed by atoms with Crippen molar-refractivity contribution in [1.82, 2.24) is 0 Å². The number of aliphatic hydroxyl groups excluding tert-OH is 2. The van der Waals surface area contributed by atoms with Crippen LogP contribution >= 0.6 is 0 Å². The highest BCUT2D eigenvalue weighted by Crippen LogP contribution is 2.56. The van der Waals surface area contributed by atoms with Gasteiger partial charge in [0, 0.05) is 11.8 Å². The first-order valence-electron chi connectivity index (χ1n) is 8.58. The van der Waals surface area contributed by atoms with Gasteiger partial charge in [-0.25, -0.2) is 0 Å². The number of benzene rings is 1. The quantitative estimate of drug-likeness (QED) is 0.846. The first-order valence-corrected chi connectivity index (χ1v) is 8.58. The number of Topliss-reactive ketones (excluding diaryl/α,β-unsaturated/α-hetero) is 1. The zero-order valence-corrected chi connectivity index (χ0v) is 13.6. The van der Waals surface area contributed by atoms with Gasteiger partial charge < -0.3 is 14.9 Å². The van der Waals surface area contributed by atoms with Crippen molar-refractivity contribution >= 4 is 5.78 Å². The number of ether oxygens (including phenoxy) is 1. The van der Waals surface area contributed by atoms with E-state index in [9.17, 15) is 15.0 Å². The van der Waals surface area contributed by atoms with Gasteiger partial charge in [0.1, 0.15) is 18.1 Å². The number of para-hydroxylation sites is 1. The third-order valence-corrected chi connectivity index (χ3v) is 5.85. The first-order chi connectivity index (χ1) is 11.0. The van der Waals surface area contributed by atoms with Crippen molar-refractivity contribution in [2.45, 2.75) is 51.2 Å². The number of hydrogen-bond donors (Lipinski definition) is 2. The average molecular weight is 318 g/mol. The molecule has 126 valence electrons. The molecule has 3 rings (SSSR count). The van der Waals surface area contributed by atoms with Gasteiger partial charge in [0.05, 0.1) is 12.2 Å². The summed E-state index contributed by atoms with van der Waals surface area (Å²) in [6, 6.07) is 9.44. The Morgan fingerprint density at radius 3 is 2.78 bits per heavy atom. The molecule has 1 aromatic rings. The van der Waals surface area contributed by atoms with E-state index in [0.717, 1.165) is 18.6 Å². The van der Waals surface area contributed by atoms with Crippen LogP contribution in [0.5, 0.6) is 5.75 Å². The van der Waals surface area contributed by atoms with Crippen molar-refractivity contribution in [2.24, 2.45) is 17.3 Å². The van der Waals surface area contributed by atoms with E-state index < -0.39 is 6.10 Å². The molecule has 2 saturated carbocycles. The minimum absolute atomic E-state index is 0.123. The molecule has 0 aromatic heterocycles. The fraction of sp³-hybridized carbons (Fsp3) is 0.632. The Bertz CT molecular complexity index is 544. The first kappa shape index (κ1) is 16.5. The highest BCUT2D eigenvalue weighted by Gasteiger charge is 2.57. The fourth-order valence-electron chi connectivity index (χ4n) is 4.18. The Balaban J connectivity index is 1.48. The van der Waals surface area contributed by atoms with Crippen molar-refractivity contribution in [3.63, 3.8) is 0 Å². The van der Waals surface area contributed by atoms with Crippen molar-refractivity contribution in [3.05, 3.63) is 30.3 Å². The molecule has 0 radical (unpaired) electrons. The summed E-state index contributed by atoms with van der Waals surface area (Å²) < 4.78 is 5.57. The maximum atomic E-state index is 11.9. The fourth-order valence-corrected chi connectivity index (χ4v) is 4.18. The Morgan fingerprint density at radius 2 is 2.09 bits per heavy atom. The maximum Gasteiger partial charge on any atom is 0.139 e. The molecular formula is C19H26O4. The number of ketones is 1. The van der Waals surface area contributed by atoms with E-state index in [-0.39, 0.29) is 30.0 Å². The van der Waals surface area contributed by atoms with Gasteiger partial charge in [-0.05, 0) is 49.7 Å². The molecule has 2 aliphatic rings. The normalized spacial score (nSPS) is 34.4. The van der Waals surface area contributed by atoms with Crippen LogP contribution in [0.2, 0.25) is 0 Å². The van der Waals surface area contributed by atoms with Crippen molar-refractivity contribution in [2.75, 3.05) is 6.61 Å². The van der Waals surface area contributed by atoms with E-state index in [2.05, 4.69) is 0 Å². The molecular weight excluding hydrogens is 292 g/mol. The van der Waals surface area contributed by atoms with Gasteiger partial charge in [-0.2, -0.15) is 0 Å². The standard InChI is InChI=1S/C19H26O4/c1-19-10-9-17(21)15(16(19)11-18(19)22)8-7-13(20)12-23-14-5-3-2-4-6-14/h2-6,13,15-17,20-21H,7-12H2,1H3/t13-,15-,16-,17-,19+/m1/s1. The van der Waals surface area contributed by atoms with Crippen LogP contribution in [0.15, 0.2) is 30.3 Å². The third-order valence-electron chi connectivity index (χ3n) is 5.85. The van der Waals surface area contributed by atoms with Crippen LogP contribution in [0.25, 0.3) is 0 Å². The number of aliphatic hydroxyl groups is 2. The zero-order valence-electron chi connectivity index (χ0n) is 13.6. The molecule has 0 aliphatic heterocycles. The summed E-state index contributed by atoms with van der Waals surface area (Å²) in [5.41, 5.74) is -0.227. The van der Waals surface area contributed by atoms with Gasteiger partial charge in [-0.15, -0.1) is 0 Å². The molecule has 4 heteroatoms. The van der Waals surface area contributed by atoms with Crippen molar-refractivity contribution in [3.8, 4) is 5.75 Å². The highest BCUT2D eigenvalue weighted by molar-refractivity contribution is 5.91. The van der Waals surface area contributed by atoms with Crippen LogP contribution in [0.1, 0.15) is 39.0 Å². The van der Waals surface area contributed by atoms with E-state index in [0.29, 0.717) is 25.0 Å². The molecule has 5 atom stereocenters. The Morgan fingerprint density at radius 1 is 1.35 bits per heavy atom. The summed E-state index contributed by atoms with van der Waals surface area (Å²) in [4.78, 5) is 11.9. The van der Waals surface area contributed by atoms with Crippen LogP contribution in [-0.2, 0) is 4.79 Å². The molecule has 23 heavy (non-hydrogen) atoms. The van der Waals surface area contributed by atoms with Crippen LogP contribution in [-0.4, -0.2) is 34.8 Å². The molecule has 4 nitrogen and oxygen atoms in total. The van der Waals surface area contributed by atoms with E-state index in [1.807, 2.05) is 37.3 Å². The monoisotopic (exact) mass is 318 g/mol. The van der Waals surface area contributed by atoms with Crippen molar-refractivity contribution in [1.29, 1.82) is 0 Å². The second-order valence-electron chi connectivity index (χ2n) is 7.28. The van der Waals surface area contributed by atoms with Crippen LogP contribution < -0.4 is 4.74 Å². The van der Waals surface area contributed by atoms with Gasteiger partial charge >= 0.3 is 0 Å². The second kappa shape index (κ2) is 6.62. The smallest absolute Gasteiger partial charge is 0.139 e. The number of carbonyl (C=O) groups excluding carboxylic acids is 1. The SMILES string of the molecule is C[C@]12CC[C@@H](O)[C@H](CC[C@@H](O)COc3ccccc3)[C@H]1CC2=O. The topological polar surface area (TPSA) is 66.8 Å². The summed E-state index contributed by atoms with van der Waals surface area (Å²) in [6.07, 6.45) is 2.53. The molecule has 0 heterocycles. The number of rotatable bonds is 6. The lowest BCUT2D eigenvalue weighted by Gasteiger charge is -2.54. The average Bonchev–Trinajstić information content (AvgIpc) is 2.57. The number of hydrogen-bond acceptors (Lipinski definition) is 4. The van der Waals surface area contributed by atoms with Crippen LogP contribution in [0, 0.1) is 17.3 Å². The molecule has 1 aromatic carbocycles. The van der Waals surface area contributed by atoms with Gasteiger partial charge in [0.25, 0.3) is 0 Å². The lowest BCUT2D eigenvalue weighted by molar-refractivity contribution is -0.161. The minimum atomic E-state index is -0.550. The highest BCUT2D eigenvalue weighted by atomic mass is 16.5. The van der Waals surface area contributed by atoms with E-state index >= 15 is 0 Å². The summed E-state index contributed by atoms with van der Waals surface area (Å²) in [5.74, 6) is 1.49. The molecule has 0 spiro atoms. The van der Waals surface area contributed by atoms with Gasteiger partial charge in [-0.3, -0.25) is 4.79 Å². The van der Waals surface area contributed by atoms with Crippen LogP contribution in [0.4, 0.5) is 0 Å². The number of carbonyl (C=O) groups is 1. The Kier molecular flexibility index (Phi) is 4.74. The zero-order chi connectivity index (χ0) is 16.4. The molecule has 2 N–H and O–H groups in total. The summed E-state index contributed by atoms with van der Waals surface area (Å²) >= 11 is 0. The summed E-state index contributed by atoms with van der Waals surface area (Å²) in [5, 5.41) is 20.4. The summed E-state index contributed by atoms with van der Waals surface area (Å²) in [7, 11) is 0. The van der Waals surface area contributed by atoms with Gasteiger partial charge in [-0.1, -0.05) is 25.1 Å². The molecule has 0 bridgehead atoms. The minimum Gasteiger partial charge on any atom is -0.491 e. The van der Waals surface area contributed by atoms with E-state index in [4.69, 9.17) is 4.74 Å². The van der Waals surface area contributed by atoms with E-state index in [1.54, 1.807) is 0 Å². The molecule has 2 fully saturated rings. The Hall–Kier alpha value is -1.39. The van der Waals surface area contributed by atoms with Gasteiger partial charge in [0.2, 0.25) is 0 Å².